The highest BCUT2D eigenvalue weighted by atomic mass is 32.1. The molecule has 1 aromatic carbocycles. The second-order valence-electron chi connectivity index (χ2n) is 5.55. The number of rotatable bonds is 5. The minimum atomic E-state index is -0.362. The molecule has 0 radical (unpaired) electrons. The van der Waals surface area contributed by atoms with E-state index >= 15 is 0 Å². The number of nitrogens with zero attached hydrogens (tertiary/aromatic N) is 2. The van der Waals surface area contributed by atoms with Gasteiger partial charge in [0.2, 0.25) is 0 Å². The molecule has 0 saturated carbocycles. The Morgan fingerprint density at radius 3 is 2.88 bits per heavy atom. The van der Waals surface area contributed by atoms with Crippen LogP contribution in [0.15, 0.2) is 46.8 Å². The number of carbonyl (C=O) groups excluding carboxylic acids is 2. The Kier molecular flexibility index (Phi) is 5.80. The van der Waals surface area contributed by atoms with Crippen LogP contribution in [0.4, 0.5) is 0 Å². The average molecular weight is 386 g/mol. The Bertz CT molecular complexity index is 1030. The maximum Gasteiger partial charge on any atom is 0.326 e. The fraction of sp³-hybridized carbons (Fsp3) is 0.211. The molecule has 0 saturated heterocycles. The quantitative estimate of drug-likeness (QED) is 0.495. The molecule has 26 heavy (non-hydrogen) atoms. The molecule has 2 heterocycles. The summed E-state index contributed by atoms with van der Waals surface area (Å²) in [6.45, 7) is 4.11. The number of aryl methyl sites for hydroxylation is 1. The van der Waals surface area contributed by atoms with Crippen molar-refractivity contribution in [1.82, 2.24) is 4.57 Å². The van der Waals surface area contributed by atoms with Crippen LogP contribution < -0.4 is 4.80 Å². The lowest BCUT2D eigenvalue weighted by atomic mass is 10.2. The predicted molar refractivity (Wildman–Crippen MR) is 105 cm³/mol. The van der Waals surface area contributed by atoms with Gasteiger partial charge in [-0.1, -0.05) is 23.5 Å². The monoisotopic (exact) mass is 386 g/mol. The van der Waals surface area contributed by atoms with Gasteiger partial charge in [-0.3, -0.25) is 9.59 Å². The highest BCUT2D eigenvalue weighted by molar-refractivity contribution is 7.16. The number of esters is 1. The van der Waals surface area contributed by atoms with Crippen LogP contribution in [-0.4, -0.2) is 23.1 Å². The molecule has 0 bridgehead atoms. The molecule has 0 spiro atoms. The average Bonchev–Trinajstić information content (AvgIpc) is 3.22. The van der Waals surface area contributed by atoms with Crippen LogP contribution in [-0.2, 0) is 20.9 Å². The fourth-order valence-electron chi connectivity index (χ4n) is 2.43. The molecule has 3 rings (SSSR count). The van der Waals surface area contributed by atoms with Crippen LogP contribution in [0.5, 0.6) is 0 Å². The van der Waals surface area contributed by atoms with Gasteiger partial charge in [-0.25, -0.2) is 0 Å². The summed E-state index contributed by atoms with van der Waals surface area (Å²) in [5.41, 5.74) is 1.97. The van der Waals surface area contributed by atoms with E-state index in [1.54, 1.807) is 28.9 Å². The van der Waals surface area contributed by atoms with Gasteiger partial charge < -0.3 is 9.30 Å². The lowest BCUT2D eigenvalue weighted by molar-refractivity contribution is -0.143. The molecule has 3 aromatic rings. The van der Waals surface area contributed by atoms with Crippen LogP contribution >= 0.6 is 22.7 Å². The maximum atomic E-state index is 12.2. The third-order valence-electron chi connectivity index (χ3n) is 3.57. The molecule has 7 heteroatoms. The number of carbonyl (C=O) groups is 2. The first-order valence-electron chi connectivity index (χ1n) is 8.12. The third kappa shape index (κ3) is 4.36. The topological polar surface area (TPSA) is 60.7 Å². The number of thiophene rings is 1. The third-order valence-corrected chi connectivity index (χ3v) is 5.45. The zero-order chi connectivity index (χ0) is 18.5. The van der Waals surface area contributed by atoms with Gasteiger partial charge in [-0.2, -0.15) is 4.99 Å². The van der Waals surface area contributed by atoms with E-state index in [0.29, 0.717) is 11.4 Å². The summed E-state index contributed by atoms with van der Waals surface area (Å²) < 4.78 is 7.76. The Hall–Kier alpha value is -2.51. The van der Waals surface area contributed by atoms with E-state index < -0.39 is 0 Å². The van der Waals surface area contributed by atoms with Crippen molar-refractivity contribution in [2.75, 3.05) is 6.61 Å². The molecule has 2 aromatic heterocycles. The van der Waals surface area contributed by atoms with E-state index in [-0.39, 0.29) is 18.4 Å². The van der Waals surface area contributed by atoms with Crippen molar-refractivity contribution in [3.63, 3.8) is 0 Å². The van der Waals surface area contributed by atoms with Gasteiger partial charge in [0.25, 0.3) is 5.91 Å². The summed E-state index contributed by atoms with van der Waals surface area (Å²) in [4.78, 5) is 29.9. The molecule has 0 aliphatic rings. The zero-order valence-corrected chi connectivity index (χ0v) is 16.1. The van der Waals surface area contributed by atoms with E-state index in [4.69, 9.17) is 4.74 Å². The SMILES string of the molecule is CCOC(=O)Cn1c(=NC(=O)/C=C/c2cccs2)sc2cc(C)ccc21. The number of amides is 1. The minimum Gasteiger partial charge on any atom is -0.465 e. The minimum absolute atomic E-state index is 0.0254. The molecule has 5 nitrogen and oxygen atoms in total. The van der Waals surface area contributed by atoms with E-state index in [1.165, 1.54) is 17.4 Å². The molecule has 0 unspecified atom stereocenters. The Morgan fingerprint density at radius 1 is 1.31 bits per heavy atom. The summed E-state index contributed by atoms with van der Waals surface area (Å²) in [7, 11) is 0. The van der Waals surface area contributed by atoms with Gasteiger partial charge in [-0.15, -0.1) is 11.3 Å². The van der Waals surface area contributed by atoms with Crippen molar-refractivity contribution < 1.29 is 14.3 Å². The molecular formula is C19H18N2O3S2. The highest BCUT2D eigenvalue weighted by Crippen LogP contribution is 2.19. The van der Waals surface area contributed by atoms with Gasteiger partial charge >= 0.3 is 5.97 Å². The van der Waals surface area contributed by atoms with Crippen LogP contribution in [0.1, 0.15) is 17.4 Å². The first-order chi connectivity index (χ1) is 12.6. The van der Waals surface area contributed by atoms with Crippen molar-refractivity contribution >= 4 is 50.8 Å². The fourth-order valence-corrected chi connectivity index (χ4v) is 4.18. The number of aromatic nitrogens is 1. The molecule has 0 aliphatic carbocycles. The number of ether oxygens (including phenoxy) is 1. The van der Waals surface area contributed by atoms with Gasteiger partial charge in [0.1, 0.15) is 6.54 Å². The van der Waals surface area contributed by atoms with Crippen LogP contribution in [0, 0.1) is 6.92 Å². The lowest BCUT2D eigenvalue weighted by Gasteiger charge is -2.05. The molecule has 0 fully saturated rings. The number of benzene rings is 1. The normalized spacial score (nSPS) is 12.2. The molecule has 0 aliphatic heterocycles. The van der Waals surface area contributed by atoms with Crippen LogP contribution in [0.25, 0.3) is 16.3 Å². The van der Waals surface area contributed by atoms with E-state index in [0.717, 1.165) is 20.7 Å². The number of hydrogen-bond donors (Lipinski definition) is 0. The van der Waals surface area contributed by atoms with Gasteiger partial charge in [-0.05, 0) is 49.1 Å². The second kappa shape index (κ2) is 8.25. The Morgan fingerprint density at radius 2 is 2.15 bits per heavy atom. The molecule has 134 valence electrons. The first kappa shape index (κ1) is 18.3. The summed E-state index contributed by atoms with van der Waals surface area (Å²) in [6.07, 6.45) is 3.18. The maximum absolute atomic E-state index is 12.2. The zero-order valence-electron chi connectivity index (χ0n) is 14.5. The Labute approximate surface area is 158 Å². The van der Waals surface area contributed by atoms with E-state index in [9.17, 15) is 9.59 Å². The number of hydrogen-bond acceptors (Lipinski definition) is 5. The smallest absolute Gasteiger partial charge is 0.326 e. The van der Waals surface area contributed by atoms with Crippen molar-refractivity contribution in [2.45, 2.75) is 20.4 Å². The predicted octanol–water partition coefficient (Wildman–Crippen LogP) is 3.78. The second-order valence-corrected chi connectivity index (χ2v) is 7.53. The lowest BCUT2D eigenvalue weighted by Crippen LogP contribution is -2.22. The molecule has 0 atom stereocenters. The van der Waals surface area contributed by atoms with Crippen molar-refractivity contribution in [3.05, 3.63) is 57.0 Å². The van der Waals surface area contributed by atoms with Crippen LogP contribution in [0.2, 0.25) is 0 Å². The van der Waals surface area contributed by atoms with Gasteiger partial charge in [0.15, 0.2) is 4.80 Å². The first-order valence-corrected chi connectivity index (χ1v) is 9.82. The summed E-state index contributed by atoms with van der Waals surface area (Å²) in [6, 6.07) is 9.78. The molecule has 1 amide bonds. The number of thiazole rings is 1. The summed E-state index contributed by atoms with van der Waals surface area (Å²) in [5.74, 6) is -0.713. The molecular weight excluding hydrogens is 368 g/mol. The van der Waals surface area contributed by atoms with Crippen molar-refractivity contribution in [1.29, 1.82) is 0 Å². The van der Waals surface area contributed by atoms with Gasteiger partial charge in [0.05, 0.1) is 16.8 Å². The number of fused-ring (bicyclic) bond motifs is 1. The van der Waals surface area contributed by atoms with E-state index in [2.05, 4.69) is 4.99 Å². The molecule has 0 N–H and O–H groups in total. The summed E-state index contributed by atoms with van der Waals surface area (Å²) in [5, 5.41) is 1.95. The van der Waals surface area contributed by atoms with Crippen molar-refractivity contribution in [2.24, 2.45) is 4.99 Å². The van der Waals surface area contributed by atoms with Gasteiger partial charge in [0, 0.05) is 11.0 Å². The van der Waals surface area contributed by atoms with Crippen LogP contribution in [0.3, 0.4) is 0 Å². The standard InChI is InChI=1S/C19H18N2O3S2/c1-3-24-18(23)12-21-15-8-6-13(2)11-16(15)26-19(21)20-17(22)9-7-14-5-4-10-25-14/h4-11H,3,12H2,1-2H3/b9-7+,20-19?. The largest absolute Gasteiger partial charge is 0.465 e. The van der Waals surface area contributed by atoms with Crippen molar-refractivity contribution in [3.8, 4) is 0 Å². The van der Waals surface area contributed by atoms with E-state index in [1.807, 2.05) is 42.6 Å². The highest BCUT2D eigenvalue weighted by Gasteiger charge is 2.12. The Balaban J connectivity index is 1.99. The summed E-state index contributed by atoms with van der Waals surface area (Å²) >= 11 is 2.94.